The van der Waals surface area contributed by atoms with Gasteiger partial charge in [0.2, 0.25) is 5.91 Å². The molecule has 0 spiro atoms. The van der Waals surface area contributed by atoms with Gasteiger partial charge in [-0.25, -0.2) is 8.78 Å². The van der Waals surface area contributed by atoms with Gasteiger partial charge < -0.3 is 10.2 Å². The molecule has 1 heterocycles. The fraction of sp³-hybridized carbons (Fsp3) is 0.500. The third kappa shape index (κ3) is 3.49. The molecule has 3 nitrogen and oxygen atoms in total. The van der Waals surface area contributed by atoms with Gasteiger partial charge in [-0.1, -0.05) is 0 Å². The lowest BCUT2D eigenvalue weighted by molar-refractivity contribution is -0.131. The predicted molar refractivity (Wildman–Crippen MR) is 75.7 cm³/mol. The average molecular weight is 300 g/mol. The Morgan fingerprint density at radius 1 is 1.40 bits per heavy atom. The van der Waals surface area contributed by atoms with Crippen molar-refractivity contribution < 1.29 is 13.6 Å². The molecule has 1 aromatic rings. The average Bonchev–Trinajstić information content (AvgIpc) is 2.43. The van der Waals surface area contributed by atoms with Crippen LogP contribution in [0.5, 0.6) is 0 Å². The number of halogens is 2. The Hall–Kier alpha value is -1.14. The Kier molecular flexibility index (Phi) is 4.99. The number of carbonyl (C=O) groups is 1. The molecule has 1 N–H and O–H groups in total. The Morgan fingerprint density at radius 3 is 2.85 bits per heavy atom. The van der Waals surface area contributed by atoms with E-state index in [9.17, 15) is 13.6 Å². The normalized spacial score (nSPS) is 22.9. The van der Waals surface area contributed by atoms with E-state index in [1.54, 1.807) is 0 Å². The number of amides is 1. The number of carbonyl (C=O) groups excluding carboxylic acids is 1. The lowest BCUT2D eigenvalue weighted by atomic mass is 10.1. The zero-order chi connectivity index (χ0) is 14.7. The van der Waals surface area contributed by atoms with Crippen molar-refractivity contribution in [3.8, 4) is 0 Å². The van der Waals surface area contributed by atoms with Gasteiger partial charge in [-0.05, 0) is 32.0 Å². The van der Waals surface area contributed by atoms with Crippen LogP contribution in [0.3, 0.4) is 0 Å². The number of nitrogens with zero attached hydrogens (tertiary/aromatic N) is 1. The summed E-state index contributed by atoms with van der Waals surface area (Å²) in [5, 5.41) is 3.31. The third-order valence-electron chi connectivity index (χ3n) is 3.61. The monoisotopic (exact) mass is 300 g/mol. The molecular formula is C14H18F2N2OS. The molecule has 0 aromatic heterocycles. The zero-order valence-corrected chi connectivity index (χ0v) is 12.3. The van der Waals surface area contributed by atoms with Crippen LogP contribution in [-0.4, -0.2) is 41.7 Å². The number of hydrogen-bond acceptors (Lipinski definition) is 3. The second-order valence-electron chi connectivity index (χ2n) is 4.94. The number of hydrogen-bond donors (Lipinski definition) is 1. The Bertz CT molecular complexity index is 498. The van der Waals surface area contributed by atoms with Crippen molar-refractivity contribution in [2.24, 2.45) is 0 Å². The first-order valence-corrected chi connectivity index (χ1v) is 7.58. The van der Waals surface area contributed by atoms with Crippen molar-refractivity contribution in [1.29, 1.82) is 0 Å². The van der Waals surface area contributed by atoms with Gasteiger partial charge in [0.15, 0.2) is 11.6 Å². The molecule has 1 saturated heterocycles. The fourth-order valence-corrected chi connectivity index (χ4v) is 3.01. The van der Waals surface area contributed by atoms with Gasteiger partial charge in [0.05, 0.1) is 5.75 Å². The van der Waals surface area contributed by atoms with E-state index in [4.69, 9.17) is 0 Å². The highest BCUT2D eigenvalue weighted by Crippen LogP contribution is 2.21. The van der Waals surface area contributed by atoms with Crippen molar-refractivity contribution >= 4 is 17.7 Å². The van der Waals surface area contributed by atoms with Crippen LogP contribution in [-0.2, 0) is 4.79 Å². The van der Waals surface area contributed by atoms with E-state index in [1.807, 2.05) is 18.7 Å². The molecule has 0 saturated carbocycles. The van der Waals surface area contributed by atoms with Crippen molar-refractivity contribution in [3.05, 3.63) is 29.8 Å². The second kappa shape index (κ2) is 6.54. The Balaban J connectivity index is 1.93. The highest BCUT2D eigenvalue weighted by Gasteiger charge is 2.27. The van der Waals surface area contributed by atoms with E-state index in [0.29, 0.717) is 11.4 Å². The SMILES string of the molecule is CC1NCCN(C(=O)CSc2ccc(F)c(F)c2)C1C. The molecule has 1 fully saturated rings. The largest absolute Gasteiger partial charge is 0.336 e. The van der Waals surface area contributed by atoms with Gasteiger partial charge >= 0.3 is 0 Å². The summed E-state index contributed by atoms with van der Waals surface area (Å²) in [4.78, 5) is 14.6. The first-order chi connectivity index (χ1) is 9.49. The standard InChI is InChI=1S/C14H18F2N2OS/c1-9-10(2)18(6-5-17-9)14(19)8-20-11-3-4-12(15)13(16)7-11/h3-4,7,9-10,17H,5-6,8H2,1-2H3. The summed E-state index contributed by atoms with van der Waals surface area (Å²) in [5.74, 6) is -1.49. The summed E-state index contributed by atoms with van der Waals surface area (Å²) >= 11 is 1.23. The van der Waals surface area contributed by atoms with Crippen molar-refractivity contribution in [1.82, 2.24) is 10.2 Å². The Morgan fingerprint density at radius 2 is 2.15 bits per heavy atom. The number of piperazine rings is 1. The molecule has 2 atom stereocenters. The molecular weight excluding hydrogens is 282 g/mol. The molecule has 0 radical (unpaired) electrons. The zero-order valence-electron chi connectivity index (χ0n) is 11.5. The fourth-order valence-electron chi connectivity index (χ4n) is 2.20. The van der Waals surface area contributed by atoms with Crippen molar-refractivity contribution in [2.45, 2.75) is 30.8 Å². The molecule has 1 aliphatic heterocycles. The minimum atomic E-state index is -0.883. The number of thioether (sulfide) groups is 1. The maximum atomic E-state index is 13.1. The van der Waals surface area contributed by atoms with Crippen LogP contribution < -0.4 is 5.32 Å². The van der Waals surface area contributed by atoms with Crippen LogP contribution in [0.1, 0.15) is 13.8 Å². The quantitative estimate of drug-likeness (QED) is 0.869. The first-order valence-electron chi connectivity index (χ1n) is 6.59. The van der Waals surface area contributed by atoms with Gasteiger partial charge in [-0.2, -0.15) is 0 Å². The summed E-state index contributed by atoms with van der Waals surface area (Å²) in [6, 6.07) is 4.09. The van der Waals surface area contributed by atoms with Crippen LogP contribution in [0.4, 0.5) is 8.78 Å². The van der Waals surface area contributed by atoms with Crippen LogP contribution in [0.15, 0.2) is 23.1 Å². The number of rotatable bonds is 3. The van der Waals surface area contributed by atoms with Crippen LogP contribution in [0.25, 0.3) is 0 Å². The second-order valence-corrected chi connectivity index (χ2v) is 5.98. The first kappa shape index (κ1) is 15.3. The van der Waals surface area contributed by atoms with E-state index in [2.05, 4.69) is 5.32 Å². The molecule has 2 rings (SSSR count). The highest BCUT2D eigenvalue weighted by molar-refractivity contribution is 8.00. The predicted octanol–water partition coefficient (Wildman–Crippen LogP) is 2.27. The van der Waals surface area contributed by atoms with Crippen molar-refractivity contribution in [3.63, 3.8) is 0 Å². The minimum absolute atomic E-state index is 0.0283. The summed E-state index contributed by atoms with van der Waals surface area (Å²) in [6.45, 7) is 5.53. The summed E-state index contributed by atoms with van der Waals surface area (Å²) in [5.41, 5.74) is 0. The van der Waals surface area contributed by atoms with Crippen molar-refractivity contribution in [2.75, 3.05) is 18.8 Å². The molecule has 0 bridgehead atoms. The maximum absolute atomic E-state index is 13.1. The van der Waals surface area contributed by atoms with E-state index in [0.717, 1.165) is 18.7 Å². The van der Waals surface area contributed by atoms with Gasteiger partial charge in [0.25, 0.3) is 0 Å². The summed E-state index contributed by atoms with van der Waals surface area (Å²) in [7, 11) is 0. The van der Waals surface area contributed by atoms with Crippen LogP contribution in [0.2, 0.25) is 0 Å². The van der Waals surface area contributed by atoms with E-state index in [-0.39, 0.29) is 23.7 Å². The molecule has 1 aromatic carbocycles. The van der Waals surface area contributed by atoms with E-state index < -0.39 is 11.6 Å². The third-order valence-corrected chi connectivity index (χ3v) is 4.59. The van der Waals surface area contributed by atoms with Gasteiger partial charge in [-0.15, -0.1) is 11.8 Å². The molecule has 1 amide bonds. The smallest absolute Gasteiger partial charge is 0.233 e. The van der Waals surface area contributed by atoms with Gasteiger partial charge in [0, 0.05) is 30.1 Å². The van der Waals surface area contributed by atoms with Gasteiger partial charge in [0.1, 0.15) is 0 Å². The van der Waals surface area contributed by atoms with E-state index in [1.165, 1.54) is 17.8 Å². The van der Waals surface area contributed by atoms with E-state index >= 15 is 0 Å². The molecule has 0 aliphatic carbocycles. The molecule has 6 heteroatoms. The topological polar surface area (TPSA) is 32.3 Å². The number of benzene rings is 1. The van der Waals surface area contributed by atoms with Gasteiger partial charge in [-0.3, -0.25) is 4.79 Å². The number of nitrogens with one attached hydrogen (secondary N) is 1. The summed E-state index contributed by atoms with van der Waals surface area (Å²) in [6.07, 6.45) is 0. The lowest BCUT2D eigenvalue weighted by Crippen LogP contribution is -2.57. The molecule has 110 valence electrons. The van der Waals surface area contributed by atoms with Crippen LogP contribution >= 0.6 is 11.8 Å². The molecule has 2 unspecified atom stereocenters. The molecule has 20 heavy (non-hydrogen) atoms. The lowest BCUT2D eigenvalue weighted by Gasteiger charge is -2.38. The van der Waals surface area contributed by atoms with Crippen LogP contribution in [0, 0.1) is 11.6 Å². The molecule has 1 aliphatic rings. The maximum Gasteiger partial charge on any atom is 0.233 e. The summed E-state index contributed by atoms with van der Waals surface area (Å²) < 4.78 is 25.9. The Labute approximate surface area is 121 Å². The minimum Gasteiger partial charge on any atom is -0.336 e. The highest BCUT2D eigenvalue weighted by atomic mass is 32.2.